The molecule has 0 radical (unpaired) electrons. The number of carboxylic acids is 1. The number of amides is 2. The molecule has 1 fully saturated rings. The zero-order valence-corrected chi connectivity index (χ0v) is 18.6. The summed E-state index contributed by atoms with van der Waals surface area (Å²) in [6.45, 7) is 3.55. The highest BCUT2D eigenvalue weighted by Gasteiger charge is 2.42. The van der Waals surface area contributed by atoms with Crippen LogP contribution in [-0.4, -0.2) is 64.4 Å². The lowest BCUT2D eigenvalue weighted by Gasteiger charge is -2.29. The zero-order chi connectivity index (χ0) is 23.7. The molecule has 2 amide bonds. The highest BCUT2D eigenvalue weighted by Crippen LogP contribution is 2.44. The van der Waals surface area contributed by atoms with Crippen LogP contribution >= 0.6 is 0 Å². The summed E-state index contributed by atoms with van der Waals surface area (Å²) >= 11 is 0. The first-order chi connectivity index (χ1) is 15.8. The number of ether oxygens (including phenoxy) is 1. The molecule has 3 atom stereocenters. The minimum Gasteiger partial charge on any atom is -0.480 e. The van der Waals surface area contributed by atoms with E-state index in [1.807, 2.05) is 48.5 Å². The largest absolute Gasteiger partial charge is 0.480 e. The summed E-state index contributed by atoms with van der Waals surface area (Å²) in [4.78, 5) is 38.4. The van der Waals surface area contributed by atoms with Crippen molar-refractivity contribution in [2.75, 3.05) is 13.2 Å². The van der Waals surface area contributed by atoms with Crippen molar-refractivity contribution in [3.05, 3.63) is 59.7 Å². The van der Waals surface area contributed by atoms with E-state index in [4.69, 9.17) is 4.74 Å². The number of carbonyl (C=O) groups excluding carboxylic acids is 2. The van der Waals surface area contributed by atoms with E-state index >= 15 is 0 Å². The topological polar surface area (TPSA) is 116 Å². The van der Waals surface area contributed by atoms with Gasteiger partial charge in [0.1, 0.15) is 18.7 Å². The predicted molar refractivity (Wildman–Crippen MR) is 121 cm³/mol. The number of fused-ring (bicyclic) bond motifs is 3. The Kier molecular flexibility index (Phi) is 6.37. The van der Waals surface area contributed by atoms with Gasteiger partial charge < -0.3 is 25.2 Å². The number of likely N-dealkylation sites (tertiary alicyclic amines) is 1. The van der Waals surface area contributed by atoms with Crippen LogP contribution < -0.4 is 5.32 Å². The highest BCUT2D eigenvalue weighted by atomic mass is 16.5. The van der Waals surface area contributed by atoms with E-state index < -0.39 is 36.2 Å². The molecule has 0 aromatic heterocycles. The number of aliphatic carboxylic acids is 1. The third-order valence-corrected chi connectivity index (χ3v) is 6.40. The maximum atomic E-state index is 13.1. The monoisotopic (exact) mass is 452 g/mol. The summed E-state index contributed by atoms with van der Waals surface area (Å²) in [6.07, 6.45) is -1.68. The van der Waals surface area contributed by atoms with Crippen LogP contribution in [0.25, 0.3) is 11.1 Å². The number of nitrogens with zero attached hydrogens (tertiary/aromatic N) is 1. The molecule has 1 heterocycles. The molecule has 0 bridgehead atoms. The molecule has 3 N–H and O–H groups in total. The molecule has 0 saturated carbocycles. The van der Waals surface area contributed by atoms with Crippen molar-refractivity contribution in [1.29, 1.82) is 0 Å². The number of hydrogen-bond acceptors (Lipinski definition) is 5. The molecule has 1 saturated heterocycles. The average Bonchev–Trinajstić information content (AvgIpc) is 3.34. The van der Waals surface area contributed by atoms with Crippen molar-refractivity contribution >= 4 is 18.0 Å². The summed E-state index contributed by atoms with van der Waals surface area (Å²) < 4.78 is 5.54. The van der Waals surface area contributed by atoms with E-state index in [2.05, 4.69) is 5.32 Å². The van der Waals surface area contributed by atoms with E-state index in [9.17, 15) is 24.6 Å². The van der Waals surface area contributed by atoms with Gasteiger partial charge in [0.25, 0.3) is 0 Å². The normalized spacial score (nSPS) is 20.3. The van der Waals surface area contributed by atoms with E-state index in [0.29, 0.717) is 0 Å². The van der Waals surface area contributed by atoms with E-state index in [1.54, 1.807) is 13.8 Å². The highest BCUT2D eigenvalue weighted by molar-refractivity contribution is 5.90. The number of β-amino-alcohol motifs (C(OH)–C–C–N with tert-alkyl or cyclic N) is 1. The molecule has 2 aromatic rings. The van der Waals surface area contributed by atoms with Gasteiger partial charge in [-0.25, -0.2) is 9.59 Å². The smallest absolute Gasteiger partial charge is 0.407 e. The van der Waals surface area contributed by atoms with E-state index in [0.717, 1.165) is 27.2 Å². The second-order valence-corrected chi connectivity index (χ2v) is 8.93. The Bertz CT molecular complexity index is 1020. The SMILES string of the molecule is CC(C)C(NC(=O)OCC1c2ccccc2-c2ccccc21)C(=O)N1C[C@@H](O)C[C@H]1C(=O)O. The Balaban J connectivity index is 1.44. The maximum Gasteiger partial charge on any atom is 0.407 e. The number of nitrogens with one attached hydrogen (secondary N) is 1. The molecule has 2 aliphatic rings. The van der Waals surface area contributed by atoms with Crippen LogP contribution in [0.3, 0.4) is 0 Å². The molecular weight excluding hydrogens is 424 g/mol. The van der Waals surface area contributed by atoms with Gasteiger partial charge in [0.15, 0.2) is 0 Å². The van der Waals surface area contributed by atoms with E-state index in [-0.39, 0.29) is 31.4 Å². The molecule has 8 nitrogen and oxygen atoms in total. The predicted octanol–water partition coefficient (Wildman–Crippen LogP) is 2.60. The van der Waals surface area contributed by atoms with Gasteiger partial charge in [-0.2, -0.15) is 0 Å². The average molecular weight is 453 g/mol. The molecule has 8 heteroatoms. The Morgan fingerprint density at radius 2 is 1.64 bits per heavy atom. The molecule has 0 spiro atoms. The summed E-state index contributed by atoms with van der Waals surface area (Å²) in [5, 5.41) is 21.9. The fourth-order valence-corrected chi connectivity index (χ4v) is 4.75. The van der Waals surface area contributed by atoms with Gasteiger partial charge in [-0.1, -0.05) is 62.4 Å². The Morgan fingerprint density at radius 3 is 2.18 bits per heavy atom. The Hall–Kier alpha value is -3.39. The molecule has 1 unspecified atom stereocenters. The van der Waals surface area contributed by atoms with Crippen LogP contribution in [0.15, 0.2) is 48.5 Å². The molecular formula is C25H28N2O6. The van der Waals surface area contributed by atoms with Gasteiger partial charge >= 0.3 is 12.1 Å². The van der Waals surface area contributed by atoms with Crippen LogP contribution in [0.2, 0.25) is 0 Å². The Morgan fingerprint density at radius 1 is 1.06 bits per heavy atom. The van der Waals surface area contributed by atoms with Crippen molar-refractivity contribution < 1.29 is 29.3 Å². The molecule has 174 valence electrons. The second-order valence-electron chi connectivity index (χ2n) is 8.93. The first kappa shape index (κ1) is 22.8. The van der Waals surface area contributed by atoms with Crippen LogP contribution in [-0.2, 0) is 14.3 Å². The summed E-state index contributed by atoms with van der Waals surface area (Å²) in [5.74, 6) is -2.13. The van der Waals surface area contributed by atoms with Gasteiger partial charge in [-0.15, -0.1) is 0 Å². The van der Waals surface area contributed by atoms with Crippen molar-refractivity contribution in [2.24, 2.45) is 5.92 Å². The number of rotatable bonds is 6. The minimum absolute atomic E-state index is 0.0309. The first-order valence-corrected chi connectivity index (χ1v) is 11.1. The molecule has 2 aromatic carbocycles. The molecule has 33 heavy (non-hydrogen) atoms. The fourth-order valence-electron chi connectivity index (χ4n) is 4.75. The summed E-state index contributed by atoms with van der Waals surface area (Å²) in [6, 6.07) is 13.9. The quantitative estimate of drug-likeness (QED) is 0.620. The lowest BCUT2D eigenvalue weighted by Crippen LogP contribution is -2.54. The maximum absolute atomic E-state index is 13.1. The van der Waals surface area contributed by atoms with Gasteiger partial charge in [-0.05, 0) is 28.2 Å². The van der Waals surface area contributed by atoms with Crippen molar-refractivity contribution in [2.45, 2.75) is 44.4 Å². The van der Waals surface area contributed by atoms with E-state index in [1.165, 1.54) is 0 Å². The number of benzene rings is 2. The van der Waals surface area contributed by atoms with Crippen molar-refractivity contribution in [1.82, 2.24) is 10.2 Å². The third kappa shape index (κ3) is 4.43. The molecule has 1 aliphatic heterocycles. The number of hydrogen-bond donors (Lipinski definition) is 3. The number of aliphatic hydroxyl groups excluding tert-OH is 1. The Labute approximate surface area is 192 Å². The fraction of sp³-hybridized carbons (Fsp3) is 0.400. The van der Waals surface area contributed by atoms with Gasteiger partial charge in [0.2, 0.25) is 5.91 Å². The molecule has 4 rings (SSSR count). The van der Waals surface area contributed by atoms with Crippen LogP contribution in [0.4, 0.5) is 4.79 Å². The molecule has 1 aliphatic carbocycles. The zero-order valence-electron chi connectivity index (χ0n) is 18.6. The standard InChI is InChI=1S/C25H28N2O6/c1-14(2)22(23(29)27-12-15(28)11-21(27)24(30)31)26-25(32)33-13-20-18-9-5-3-7-16(18)17-8-4-6-10-19(17)20/h3-10,14-15,20-22,28H,11-13H2,1-2H3,(H,26,32)(H,30,31)/t15-,21-,22?/m0/s1. The van der Waals surface area contributed by atoms with Crippen LogP contribution in [0, 0.1) is 5.92 Å². The van der Waals surface area contributed by atoms with Gasteiger partial charge in [0.05, 0.1) is 6.10 Å². The number of carbonyl (C=O) groups is 3. The third-order valence-electron chi connectivity index (χ3n) is 6.40. The lowest BCUT2D eigenvalue weighted by molar-refractivity contribution is -0.149. The van der Waals surface area contributed by atoms with Gasteiger partial charge in [-0.3, -0.25) is 4.79 Å². The summed E-state index contributed by atoms with van der Waals surface area (Å²) in [5.41, 5.74) is 4.39. The lowest BCUT2D eigenvalue weighted by atomic mass is 9.98. The van der Waals surface area contributed by atoms with Crippen molar-refractivity contribution in [3.8, 4) is 11.1 Å². The van der Waals surface area contributed by atoms with Crippen LogP contribution in [0.1, 0.15) is 37.3 Å². The minimum atomic E-state index is -1.18. The van der Waals surface area contributed by atoms with Crippen LogP contribution in [0.5, 0.6) is 0 Å². The summed E-state index contributed by atoms with van der Waals surface area (Å²) in [7, 11) is 0. The number of alkyl carbamates (subject to hydrolysis) is 1. The number of aliphatic hydroxyl groups is 1. The first-order valence-electron chi connectivity index (χ1n) is 11.1. The van der Waals surface area contributed by atoms with Crippen molar-refractivity contribution in [3.63, 3.8) is 0 Å². The van der Waals surface area contributed by atoms with Gasteiger partial charge in [0, 0.05) is 18.9 Å². The number of carboxylic acid groups (broad SMARTS) is 1. The second kappa shape index (κ2) is 9.23.